The normalized spacial score (nSPS) is 19.4. The second kappa shape index (κ2) is 7.63. The first-order chi connectivity index (χ1) is 7.10. The van der Waals surface area contributed by atoms with Gasteiger partial charge in [0.2, 0.25) is 0 Å². The number of carbonyl (C=O) groups is 1. The maximum atomic E-state index is 9.71. The zero-order valence-electron chi connectivity index (χ0n) is 9.54. The van der Waals surface area contributed by atoms with E-state index in [0.717, 1.165) is 12.5 Å². The monoisotopic (exact) mass is 236 g/mol. The molecule has 3 N–H and O–H groups in total. The van der Waals surface area contributed by atoms with E-state index in [0.29, 0.717) is 6.54 Å². The number of nitrogens with one attached hydrogen (secondary N) is 1. The molecule has 7 heteroatoms. The summed E-state index contributed by atoms with van der Waals surface area (Å²) in [7, 11) is 2.90. The van der Waals surface area contributed by atoms with Gasteiger partial charge in [0.1, 0.15) is 0 Å². The van der Waals surface area contributed by atoms with E-state index in [-0.39, 0.29) is 9.76 Å². The van der Waals surface area contributed by atoms with Crippen LogP contribution < -0.4 is 11.1 Å². The van der Waals surface area contributed by atoms with Crippen LogP contribution in [0.1, 0.15) is 13.3 Å². The van der Waals surface area contributed by atoms with Crippen molar-refractivity contribution in [3.63, 3.8) is 0 Å². The third-order valence-electron chi connectivity index (χ3n) is 1.92. The van der Waals surface area contributed by atoms with Crippen molar-refractivity contribution in [2.75, 3.05) is 20.8 Å². The largest absolute Gasteiger partial charge is 0.376 e. The molecule has 0 aromatic carbocycles. The molecule has 2 amide bonds. The van der Waals surface area contributed by atoms with Crippen LogP contribution in [-0.2, 0) is 13.9 Å². The van der Waals surface area contributed by atoms with Gasteiger partial charge < -0.3 is 25.0 Å². The molecule has 0 bridgehead atoms. The molecule has 15 heavy (non-hydrogen) atoms. The molecule has 1 heterocycles. The first kappa shape index (κ1) is 14.4. The number of urea groups is 1. The van der Waals surface area contributed by atoms with Crippen LogP contribution in [0.25, 0.3) is 0 Å². The van der Waals surface area contributed by atoms with E-state index >= 15 is 0 Å². The van der Waals surface area contributed by atoms with Gasteiger partial charge in [0.25, 0.3) is 5.97 Å². The van der Waals surface area contributed by atoms with Crippen molar-refractivity contribution < 1.29 is 18.7 Å². The van der Waals surface area contributed by atoms with Crippen LogP contribution in [0.3, 0.4) is 0 Å². The molecule has 0 aliphatic carbocycles. The summed E-state index contributed by atoms with van der Waals surface area (Å²) in [4.78, 5) is 9.71. The van der Waals surface area contributed by atoms with E-state index in [2.05, 4.69) is 11.1 Å². The third kappa shape index (κ3) is 5.73. The maximum absolute atomic E-state index is 9.71. The van der Waals surface area contributed by atoms with E-state index in [1.54, 1.807) is 14.2 Å². The van der Waals surface area contributed by atoms with Crippen LogP contribution in [0.5, 0.6) is 0 Å². The molecule has 0 atom stereocenters. The van der Waals surface area contributed by atoms with Gasteiger partial charge in [-0.25, -0.2) is 4.79 Å². The molecular formula is C8H20N2O4Si. The number of hydrogen-bond donors (Lipinski definition) is 2. The molecule has 1 aliphatic rings. The summed E-state index contributed by atoms with van der Waals surface area (Å²) in [5, 5.41) is 2.35. The topological polar surface area (TPSA) is 82.8 Å². The molecular weight excluding hydrogens is 216 g/mol. The Labute approximate surface area is 92.4 Å². The fourth-order valence-electron chi connectivity index (χ4n) is 1.17. The summed E-state index contributed by atoms with van der Waals surface area (Å²) in [6.07, 6.45) is 0.895. The molecule has 0 radical (unpaired) electrons. The fourth-order valence-corrected chi connectivity index (χ4v) is 2.58. The molecule has 0 unspecified atom stereocenters. The maximum Gasteiger partial charge on any atom is 0.312 e. The van der Waals surface area contributed by atoms with Gasteiger partial charge in [0, 0.05) is 27.2 Å². The Hall–Kier alpha value is -0.633. The van der Waals surface area contributed by atoms with Gasteiger partial charge in [0.15, 0.2) is 9.76 Å². The number of methoxy groups -OCH3 is 2. The van der Waals surface area contributed by atoms with Crippen molar-refractivity contribution in [2.45, 2.75) is 25.4 Å². The summed E-state index contributed by atoms with van der Waals surface area (Å²) in [5.41, 5.74) is 4.65. The number of nitrogens with two attached hydrogens (primary N) is 1. The Bertz CT molecular complexity index is 179. The summed E-state index contributed by atoms with van der Waals surface area (Å²) in [5.74, 6) is -0.660. The smallest absolute Gasteiger partial charge is 0.312 e. The lowest BCUT2D eigenvalue weighted by molar-refractivity contribution is -0.314. The standard InChI is InChI=1S/C5H12O3Si.C3H8N2O/c1-6-5(7-2)3-4-9-8-5;1-2-5-3(4)6/h3-4,9H2,1-2H3;2H2,1H3,(H3,4,5,6). The molecule has 0 aromatic heterocycles. The van der Waals surface area contributed by atoms with Gasteiger partial charge in [-0.3, -0.25) is 0 Å². The van der Waals surface area contributed by atoms with Crippen molar-refractivity contribution in [2.24, 2.45) is 5.73 Å². The van der Waals surface area contributed by atoms with Gasteiger partial charge >= 0.3 is 6.03 Å². The van der Waals surface area contributed by atoms with Crippen LogP contribution >= 0.6 is 0 Å². The first-order valence-electron chi connectivity index (χ1n) is 4.87. The predicted molar refractivity (Wildman–Crippen MR) is 59.1 cm³/mol. The number of hydrogen-bond acceptors (Lipinski definition) is 4. The molecule has 90 valence electrons. The lowest BCUT2D eigenvalue weighted by Gasteiger charge is -2.24. The Morgan fingerprint density at radius 3 is 2.33 bits per heavy atom. The van der Waals surface area contributed by atoms with Crippen LogP contribution in [0.4, 0.5) is 4.79 Å². The van der Waals surface area contributed by atoms with Crippen LogP contribution in [0.2, 0.25) is 6.04 Å². The highest BCUT2D eigenvalue weighted by atomic mass is 28.2. The van der Waals surface area contributed by atoms with Gasteiger partial charge in [-0.2, -0.15) is 0 Å². The average molecular weight is 236 g/mol. The summed E-state index contributed by atoms with van der Waals surface area (Å²) < 4.78 is 15.4. The minimum Gasteiger partial charge on any atom is -0.376 e. The van der Waals surface area contributed by atoms with Gasteiger partial charge in [-0.05, 0) is 13.0 Å². The lowest BCUT2D eigenvalue weighted by Crippen LogP contribution is -2.32. The molecule has 0 spiro atoms. The number of primary amides is 1. The van der Waals surface area contributed by atoms with Gasteiger partial charge in [-0.1, -0.05) is 0 Å². The Morgan fingerprint density at radius 2 is 2.20 bits per heavy atom. The second-order valence-electron chi connectivity index (χ2n) is 2.94. The fraction of sp³-hybridized carbons (Fsp3) is 0.875. The van der Waals surface area contributed by atoms with Crippen molar-refractivity contribution in [3.8, 4) is 0 Å². The number of carbonyl (C=O) groups excluding carboxylic acids is 1. The second-order valence-corrected chi connectivity index (χ2v) is 4.34. The van der Waals surface area contributed by atoms with Crippen LogP contribution in [-0.4, -0.2) is 42.5 Å². The number of rotatable bonds is 3. The molecule has 1 fully saturated rings. The van der Waals surface area contributed by atoms with Gasteiger partial charge in [0.05, 0.1) is 0 Å². The van der Waals surface area contributed by atoms with E-state index in [4.69, 9.17) is 13.9 Å². The van der Waals surface area contributed by atoms with Crippen molar-refractivity contribution in [3.05, 3.63) is 0 Å². The average Bonchev–Trinajstić information content (AvgIpc) is 2.67. The SMILES string of the molecule is CCNC(N)=O.COC1(OC)CC[SiH2]O1. The number of ether oxygens (including phenoxy) is 2. The zero-order valence-corrected chi connectivity index (χ0v) is 11.0. The third-order valence-corrected chi connectivity index (χ3v) is 3.21. The molecule has 1 aliphatic heterocycles. The Balaban J connectivity index is 0.000000288. The summed E-state index contributed by atoms with van der Waals surface area (Å²) in [6, 6.07) is 0.694. The first-order valence-corrected chi connectivity index (χ1v) is 6.45. The number of amides is 2. The Kier molecular flexibility index (Phi) is 7.31. The molecule has 1 rings (SSSR count). The van der Waals surface area contributed by atoms with Crippen LogP contribution in [0.15, 0.2) is 0 Å². The van der Waals surface area contributed by atoms with E-state index < -0.39 is 12.0 Å². The minimum absolute atomic E-state index is 0.333. The van der Waals surface area contributed by atoms with E-state index in [1.807, 2.05) is 6.92 Å². The van der Waals surface area contributed by atoms with Crippen molar-refractivity contribution in [1.82, 2.24) is 5.32 Å². The molecule has 1 saturated heterocycles. The highest BCUT2D eigenvalue weighted by Crippen LogP contribution is 2.25. The predicted octanol–water partition coefficient (Wildman–Crippen LogP) is -0.470. The molecule has 6 nitrogen and oxygen atoms in total. The van der Waals surface area contributed by atoms with E-state index in [1.165, 1.54) is 0 Å². The molecule has 0 aromatic rings. The quantitative estimate of drug-likeness (QED) is 0.512. The van der Waals surface area contributed by atoms with Crippen LogP contribution in [0, 0.1) is 0 Å². The highest BCUT2D eigenvalue weighted by Gasteiger charge is 2.34. The highest BCUT2D eigenvalue weighted by molar-refractivity contribution is 6.28. The van der Waals surface area contributed by atoms with Crippen molar-refractivity contribution >= 4 is 15.8 Å². The minimum atomic E-state index is -0.660. The zero-order chi connectivity index (χ0) is 11.7. The lowest BCUT2D eigenvalue weighted by atomic mass is 10.4. The van der Waals surface area contributed by atoms with Crippen molar-refractivity contribution in [1.29, 1.82) is 0 Å². The Morgan fingerprint density at radius 1 is 1.60 bits per heavy atom. The van der Waals surface area contributed by atoms with Gasteiger partial charge in [-0.15, -0.1) is 0 Å². The summed E-state index contributed by atoms with van der Waals surface area (Å²) >= 11 is 0. The summed E-state index contributed by atoms with van der Waals surface area (Å²) in [6.45, 7) is 2.42. The molecule has 0 saturated carbocycles. The van der Waals surface area contributed by atoms with E-state index in [9.17, 15) is 4.79 Å².